The predicted octanol–water partition coefficient (Wildman–Crippen LogP) is 3.87. The van der Waals surface area contributed by atoms with E-state index in [1.807, 2.05) is 12.1 Å². The van der Waals surface area contributed by atoms with Crippen molar-refractivity contribution >= 4 is 23.5 Å². The SMILES string of the molecule is CCCCCCCC(=O)NN=Cc1ccc(C)s1. The summed E-state index contributed by atoms with van der Waals surface area (Å²) in [6.07, 6.45) is 8.08. The largest absolute Gasteiger partial charge is 0.273 e. The highest BCUT2D eigenvalue weighted by Crippen LogP contribution is 2.12. The molecule has 1 heterocycles. The van der Waals surface area contributed by atoms with Crippen LogP contribution in [-0.2, 0) is 4.79 Å². The fourth-order valence-corrected chi connectivity index (χ4v) is 2.39. The molecule has 1 N–H and O–H groups in total. The minimum absolute atomic E-state index is 0.0102. The van der Waals surface area contributed by atoms with E-state index in [9.17, 15) is 4.79 Å². The molecule has 1 amide bonds. The first kappa shape index (κ1) is 14.9. The zero-order chi connectivity index (χ0) is 13.2. The van der Waals surface area contributed by atoms with Gasteiger partial charge in [-0.15, -0.1) is 11.3 Å². The molecule has 4 heteroatoms. The molecule has 3 nitrogen and oxygen atoms in total. The van der Waals surface area contributed by atoms with Crippen LogP contribution in [0.4, 0.5) is 0 Å². The lowest BCUT2D eigenvalue weighted by atomic mass is 10.1. The molecule has 0 spiro atoms. The molecule has 0 bridgehead atoms. The Morgan fingerprint density at radius 1 is 1.33 bits per heavy atom. The van der Waals surface area contributed by atoms with Gasteiger partial charge in [0, 0.05) is 16.2 Å². The number of hydrogen-bond acceptors (Lipinski definition) is 3. The molecule has 18 heavy (non-hydrogen) atoms. The maximum absolute atomic E-state index is 11.4. The molecular weight excluding hydrogens is 244 g/mol. The first-order valence-electron chi connectivity index (χ1n) is 6.60. The van der Waals surface area contributed by atoms with Crippen LogP contribution in [0, 0.1) is 6.92 Å². The normalized spacial score (nSPS) is 11.0. The third-order valence-electron chi connectivity index (χ3n) is 2.65. The van der Waals surface area contributed by atoms with E-state index in [1.54, 1.807) is 17.6 Å². The van der Waals surface area contributed by atoms with Crippen molar-refractivity contribution < 1.29 is 4.79 Å². The summed E-state index contributed by atoms with van der Waals surface area (Å²) in [6.45, 7) is 4.24. The quantitative estimate of drug-likeness (QED) is 0.433. The highest BCUT2D eigenvalue weighted by molar-refractivity contribution is 7.13. The van der Waals surface area contributed by atoms with Crippen molar-refractivity contribution in [2.45, 2.75) is 52.4 Å². The van der Waals surface area contributed by atoms with Crippen LogP contribution >= 0.6 is 11.3 Å². The van der Waals surface area contributed by atoms with Crippen molar-refractivity contribution in [3.63, 3.8) is 0 Å². The molecule has 1 aromatic rings. The number of hydrogen-bond donors (Lipinski definition) is 1. The van der Waals surface area contributed by atoms with Crippen molar-refractivity contribution in [1.82, 2.24) is 5.43 Å². The van der Waals surface area contributed by atoms with Crippen molar-refractivity contribution in [1.29, 1.82) is 0 Å². The monoisotopic (exact) mass is 266 g/mol. The minimum Gasteiger partial charge on any atom is -0.273 e. The fraction of sp³-hybridized carbons (Fsp3) is 0.571. The summed E-state index contributed by atoms with van der Waals surface area (Å²) >= 11 is 1.67. The first-order valence-corrected chi connectivity index (χ1v) is 7.42. The van der Waals surface area contributed by atoms with E-state index in [0.29, 0.717) is 6.42 Å². The number of carbonyl (C=O) groups is 1. The average molecular weight is 266 g/mol. The number of rotatable bonds is 8. The van der Waals surface area contributed by atoms with Crippen molar-refractivity contribution in [2.75, 3.05) is 0 Å². The molecule has 0 aliphatic carbocycles. The van der Waals surface area contributed by atoms with Gasteiger partial charge in [-0.05, 0) is 25.5 Å². The van der Waals surface area contributed by atoms with Crippen LogP contribution in [0.25, 0.3) is 0 Å². The van der Waals surface area contributed by atoms with Gasteiger partial charge >= 0.3 is 0 Å². The highest BCUT2D eigenvalue weighted by atomic mass is 32.1. The summed E-state index contributed by atoms with van der Waals surface area (Å²) in [5, 5.41) is 3.96. The Labute approximate surface area is 113 Å². The second-order valence-electron chi connectivity index (χ2n) is 4.41. The topological polar surface area (TPSA) is 41.5 Å². The van der Waals surface area contributed by atoms with Gasteiger partial charge < -0.3 is 0 Å². The third kappa shape index (κ3) is 6.55. The average Bonchev–Trinajstić information content (AvgIpc) is 2.75. The van der Waals surface area contributed by atoms with Gasteiger partial charge in [0.15, 0.2) is 0 Å². The number of hydrazone groups is 1. The Kier molecular flexibility index (Phi) is 7.34. The molecular formula is C14H22N2OS. The summed E-state index contributed by atoms with van der Waals surface area (Å²) in [5.41, 5.74) is 2.57. The summed E-state index contributed by atoms with van der Waals surface area (Å²) in [6, 6.07) is 4.04. The summed E-state index contributed by atoms with van der Waals surface area (Å²) in [4.78, 5) is 13.8. The number of unbranched alkanes of at least 4 members (excludes halogenated alkanes) is 4. The second kappa shape index (κ2) is 8.86. The van der Waals surface area contributed by atoms with Gasteiger partial charge in [0.2, 0.25) is 5.91 Å². The molecule has 0 aliphatic heterocycles. The zero-order valence-corrected chi connectivity index (χ0v) is 12.1. The summed E-state index contributed by atoms with van der Waals surface area (Å²) in [7, 11) is 0. The lowest BCUT2D eigenvalue weighted by Gasteiger charge is -1.99. The van der Waals surface area contributed by atoms with E-state index >= 15 is 0 Å². The number of amides is 1. The van der Waals surface area contributed by atoms with Gasteiger partial charge in [0.1, 0.15) is 0 Å². The van der Waals surface area contributed by atoms with E-state index in [-0.39, 0.29) is 5.91 Å². The number of thiophene rings is 1. The van der Waals surface area contributed by atoms with Gasteiger partial charge in [-0.3, -0.25) is 4.79 Å². The number of nitrogens with zero attached hydrogens (tertiary/aromatic N) is 1. The van der Waals surface area contributed by atoms with Crippen LogP contribution < -0.4 is 5.43 Å². The van der Waals surface area contributed by atoms with Crippen LogP contribution in [0.3, 0.4) is 0 Å². The maximum atomic E-state index is 11.4. The standard InChI is InChI=1S/C14H22N2OS/c1-3-4-5-6-7-8-14(17)16-15-11-13-10-9-12(2)18-13/h9-11H,3-8H2,1-2H3,(H,16,17). The van der Waals surface area contributed by atoms with Crippen molar-refractivity contribution in [3.05, 3.63) is 21.9 Å². The van der Waals surface area contributed by atoms with Crippen LogP contribution in [0.1, 0.15) is 55.2 Å². The number of carbonyl (C=O) groups excluding carboxylic acids is 1. The van der Waals surface area contributed by atoms with Gasteiger partial charge in [-0.2, -0.15) is 5.10 Å². The second-order valence-corrected chi connectivity index (χ2v) is 5.73. The Balaban J connectivity index is 2.11. The minimum atomic E-state index is 0.0102. The van der Waals surface area contributed by atoms with Crippen LogP contribution in [0.2, 0.25) is 0 Å². The predicted molar refractivity (Wildman–Crippen MR) is 78.2 cm³/mol. The van der Waals surface area contributed by atoms with Gasteiger partial charge in [0.05, 0.1) is 6.21 Å². The molecule has 0 aromatic carbocycles. The zero-order valence-electron chi connectivity index (χ0n) is 11.2. The van der Waals surface area contributed by atoms with Crippen LogP contribution in [-0.4, -0.2) is 12.1 Å². The third-order valence-corrected chi connectivity index (χ3v) is 3.58. The molecule has 1 rings (SSSR count). The van der Waals surface area contributed by atoms with E-state index in [2.05, 4.69) is 24.4 Å². The Morgan fingerprint density at radius 2 is 2.11 bits per heavy atom. The van der Waals surface area contributed by atoms with Gasteiger partial charge in [-0.25, -0.2) is 5.43 Å². The molecule has 0 saturated heterocycles. The molecule has 0 aliphatic rings. The van der Waals surface area contributed by atoms with E-state index in [0.717, 1.165) is 17.7 Å². The van der Waals surface area contributed by atoms with E-state index < -0.39 is 0 Å². The lowest BCUT2D eigenvalue weighted by Crippen LogP contribution is -2.16. The number of aryl methyl sites for hydroxylation is 1. The lowest BCUT2D eigenvalue weighted by molar-refractivity contribution is -0.121. The van der Waals surface area contributed by atoms with Crippen molar-refractivity contribution in [2.24, 2.45) is 5.10 Å². The molecule has 1 aromatic heterocycles. The molecule has 0 unspecified atom stereocenters. The van der Waals surface area contributed by atoms with Crippen molar-refractivity contribution in [3.8, 4) is 0 Å². The molecule has 100 valence electrons. The molecule has 0 radical (unpaired) electrons. The highest BCUT2D eigenvalue weighted by Gasteiger charge is 1.99. The van der Waals surface area contributed by atoms with Gasteiger partial charge in [-0.1, -0.05) is 32.6 Å². The summed E-state index contributed by atoms with van der Waals surface area (Å²) < 4.78 is 0. The number of nitrogens with one attached hydrogen (secondary N) is 1. The molecule has 0 atom stereocenters. The van der Waals surface area contributed by atoms with Crippen LogP contribution in [0.5, 0.6) is 0 Å². The Hall–Kier alpha value is -1.16. The maximum Gasteiger partial charge on any atom is 0.240 e. The van der Waals surface area contributed by atoms with Crippen LogP contribution in [0.15, 0.2) is 17.2 Å². The van der Waals surface area contributed by atoms with E-state index in [1.165, 1.54) is 24.1 Å². The Bertz CT molecular complexity index is 385. The molecule has 0 saturated carbocycles. The Morgan fingerprint density at radius 3 is 2.78 bits per heavy atom. The fourth-order valence-electron chi connectivity index (χ4n) is 1.64. The van der Waals surface area contributed by atoms with E-state index in [4.69, 9.17) is 0 Å². The smallest absolute Gasteiger partial charge is 0.240 e. The molecule has 0 fully saturated rings. The summed E-state index contributed by atoms with van der Waals surface area (Å²) in [5.74, 6) is 0.0102. The first-order chi connectivity index (χ1) is 8.72. The van der Waals surface area contributed by atoms with Gasteiger partial charge in [0.25, 0.3) is 0 Å².